The third-order valence-electron chi connectivity index (χ3n) is 1.59. The Bertz CT molecular complexity index is 374. The summed E-state index contributed by atoms with van der Waals surface area (Å²) in [6.07, 6.45) is 0. The number of ether oxygens (including phenoxy) is 1. The Balaban J connectivity index is 2.73. The van der Waals surface area contributed by atoms with Crippen LogP contribution in [0.5, 0.6) is 5.75 Å². The lowest BCUT2D eigenvalue weighted by Gasteiger charge is -2.04. The minimum atomic E-state index is -0.515. The van der Waals surface area contributed by atoms with Gasteiger partial charge in [-0.25, -0.2) is 0 Å². The molecule has 0 fully saturated rings. The molecular formula is C9H8BrNO4. The van der Waals surface area contributed by atoms with Crippen molar-refractivity contribution < 1.29 is 14.5 Å². The zero-order chi connectivity index (χ0) is 11.4. The Morgan fingerprint density at radius 3 is 2.40 bits per heavy atom. The minimum Gasteiger partial charge on any atom is -0.426 e. The fourth-order valence-electron chi connectivity index (χ4n) is 0.833. The summed E-state index contributed by atoms with van der Waals surface area (Å²) in [4.78, 5) is 20.5. The molecule has 80 valence electrons. The number of carbonyl (C=O) groups is 1. The van der Waals surface area contributed by atoms with Crippen LogP contribution in [0.25, 0.3) is 0 Å². The highest BCUT2D eigenvalue weighted by molar-refractivity contribution is 9.10. The molecule has 1 aromatic rings. The average Bonchev–Trinajstić information content (AvgIpc) is 2.18. The first-order valence-corrected chi connectivity index (χ1v) is 5.02. The summed E-state index contributed by atoms with van der Waals surface area (Å²) in [7, 11) is 0. The quantitative estimate of drug-likeness (QED) is 0.279. The minimum absolute atomic E-state index is 0.0401. The Hall–Kier alpha value is -1.43. The first-order chi connectivity index (χ1) is 7.00. The predicted octanol–water partition coefficient (Wildman–Crippen LogP) is 2.28. The van der Waals surface area contributed by atoms with Gasteiger partial charge in [0.15, 0.2) is 0 Å². The first kappa shape index (κ1) is 11.6. The van der Waals surface area contributed by atoms with Crippen LogP contribution in [-0.2, 0) is 4.79 Å². The fourth-order valence-corrected chi connectivity index (χ4v) is 0.927. The number of non-ortho nitro benzene ring substituents is 1. The summed E-state index contributed by atoms with van der Waals surface area (Å²) in [6, 6.07) is 5.32. The van der Waals surface area contributed by atoms with Crippen LogP contribution in [0.1, 0.15) is 6.92 Å². The number of alkyl halides is 1. The molecule has 1 aromatic carbocycles. The molecule has 0 aliphatic heterocycles. The summed E-state index contributed by atoms with van der Waals surface area (Å²) in [6.45, 7) is 1.63. The van der Waals surface area contributed by atoms with Gasteiger partial charge in [-0.15, -0.1) is 0 Å². The van der Waals surface area contributed by atoms with Gasteiger partial charge in [-0.05, 0) is 19.1 Å². The number of hydrogen-bond donors (Lipinski definition) is 0. The third kappa shape index (κ3) is 3.32. The molecule has 0 aliphatic rings. The Labute approximate surface area is 94.3 Å². The molecule has 0 aliphatic carbocycles. The van der Waals surface area contributed by atoms with E-state index in [0.29, 0.717) is 0 Å². The molecule has 6 heteroatoms. The first-order valence-electron chi connectivity index (χ1n) is 4.11. The maximum atomic E-state index is 11.1. The van der Waals surface area contributed by atoms with E-state index in [4.69, 9.17) is 4.74 Å². The number of carbonyl (C=O) groups excluding carboxylic acids is 1. The van der Waals surface area contributed by atoms with E-state index in [0.717, 1.165) is 0 Å². The zero-order valence-electron chi connectivity index (χ0n) is 7.84. The van der Waals surface area contributed by atoms with Crippen molar-refractivity contribution in [1.29, 1.82) is 0 Å². The van der Waals surface area contributed by atoms with Crippen LogP contribution < -0.4 is 4.74 Å². The number of benzene rings is 1. The van der Waals surface area contributed by atoms with E-state index in [1.54, 1.807) is 6.92 Å². The standard InChI is InChI=1S/C9H8BrNO4/c1-6(10)9(12)15-8-4-2-7(3-5-8)11(13)14/h2-6H,1H3. The molecule has 0 saturated heterocycles. The van der Waals surface area contributed by atoms with Gasteiger partial charge in [-0.1, -0.05) is 15.9 Å². The van der Waals surface area contributed by atoms with Gasteiger partial charge in [0.05, 0.1) is 4.92 Å². The van der Waals surface area contributed by atoms with E-state index in [2.05, 4.69) is 15.9 Å². The lowest BCUT2D eigenvalue weighted by atomic mass is 10.3. The van der Waals surface area contributed by atoms with Crippen LogP contribution >= 0.6 is 15.9 Å². The smallest absolute Gasteiger partial charge is 0.324 e. The van der Waals surface area contributed by atoms with E-state index in [1.807, 2.05) is 0 Å². The number of esters is 1. The van der Waals surface area contributed by atoms with Crippen molar-refractivity contribution in [2.75, 3.05) is 0 Å². The van der Waals surface area contributed by atoms with E-state index in [9.17, 15) is 14.9 Å². The number of hydrogen-bond acceptors (Lipinski definition) is 4. The van der Waals surface area contributed by atoms with Gasteiger partial charge in [0.25, 0.3) is 5.69 Å². The normalized spacial score (nSPS) is 11.9. The monoisotopic (exact) mass is 273 g/mol. The van der Waals surface area contributed by atoms with E-state index >= 15 is 0 Å². The van der Waals surface area contributed by atoms with Gasteiger partial charge in [0.1, 0.15) is 10.6 Å². The number of nitro groups is 1. The Morgan fingerprint density at radius 2 is 2.00 bits per heavy atom. The number of halogens is 1. The maximum Gasteiger partial charge on any atom is 0.324 e. The SMILES string of the molecule is CC(Br)C(=O)Oc1ccc([N+](=O)[O-])cc1. The van der Waals surface area contributed by atoms with Crippen LogP contribution in [0.4, 0.5) is 5.69 Å². The fraction of sp³-hybridized carbons (Fsp3) is 0.222. The van der Waals surface area contributed by atoms with Gasteiger partial charge >= 0.3 is 5.97 Å². The topological polar surface area (TPSA) is 69.4 Å². The highest BCUT2D eigenvalue weighted by Crippen LogP contribution is 2.18. The van der Waals surface area contributed by atoms with Crippen LogP contribution in [-0.4, -0.2) is 15.7 Å². The van der Waals surface area contributed by atoms with Gasteiger partial charge in [-0.3, -0.25) is 14.9 Å². The second-order valence-electron chi connectivity index (χ2n) is 2.79. The predicted molar refractivity (Wildman–Crippen MR) is 57.1 cm³/mol. The molecule has 1 atom stereocenters. The molecule has 15 heavy (non-hydrogen) atoms. The molecule has 0 amide bonds. The molecule has 1 rings (SSSR count). The maximum absolute atomic E-state index is 11.1. The third-order valence-corrected chi connectivity index (χ3v) is 1.96. The molecule has 0 heterocycles. The second kappa shape index (κ2) is 4.88. The number of rotatable bonds is 3. The molecule has 0 bridgehead atoms. The largest absolute Gasteiger partial charge is 0.426 e. The van der Waals surface area contributed by atoms with Crippen molar-refractivity contribution in [2.45, 2.75) is 11.8 Å². The van der Waals surface area contributed by atoms with Gasteiger partial charge in [0.2, 0.25) is 0 Å². The molecule has 1 unspecified atom stereocenters. The molecule has 0 radical (unpaired) electrons. The van der Waals surface area contributed by atoms with Crippen molar-refractivity contribution in [1.82, 2.24) is 0 Å². The lowest BCUT2D eigenvalue weighted by molar-refractivity contribution is -0.384. The highest BCUT2D eigenvalue weighted by Gasteiger charge is 2.12. The average molecular weight is 274 g/mol. The lowest BCUT2D eigenvalue weighted by Crippen LogP contribution is -2.16. The summed E-state index contributed by atoms with van der Waals surface area (Å²) in [5.41, 5.74) is -0.0401. The molecule has 0 spiro atoms. The van der Waals surface area contributed by atoms with Gasteiger partial charge in [0, 0.05) is 12.1 Å². The molecule has 0 aromatic heterocycles. The highest BCUT2D eigenvalue weighted by atomic mass is 79.9. The van der Waals surface area contributed by atoms with Gasteiger partial charge in [-0.2, -0.15) is 0 Å². The van der Waals surface area contributed by atoms with Crippen LogP contribution in [0, 0.1) is 10.1 Å². The summed E-state index contributed by atoms with van der Waals surface area (Å²) in [5, 5.41) is 10.3. The summed E-state index contributed by atoms with van der Waals surface area (Å²) >= 11 is 3.05. The Kier molecular flexibility index (Phi) is 3.79. The van der Waals surface area contributed by atoms with E-state index < -0.39 is 15.7 Å². The van der Waals surface area contributed by atoms with Crippen LogP contribution in [0.3, 0.4) is 0 Å². The van der Waals surface area contributed by atoms with Crippen molar-refractivity contribution in [3.63, 3.8) is 0 Å². The summed E-state index contributed by atoms with van der Waals surface area (Å²) in [5.74, 6) is -0.152. The molecule has 5 nitrogen and oxygen atoms in total. The van der Waals surface area contributed by atoms with Crippen molar-refractivity contribution in [3.8, 4) is 5.75 Å². The van der Waals surface area contributed by atoms with Crippen molar-refractivity contribution in [2.24, 2.45) is 0 Å². The van der Waals surface area contributed by atoms with Crippen LogP contribution in [0.2, 0.25) is 0 Å². The van der Waals surface area contributed by atoms with Crippen molar-refractivity contribution >= 4 is 27.6 Å². The van der Waals surface area contributed by atoms with Crippen LogP contribution in [0.15, 0.2) is 24.3 Å². The van der Waals surface area contributed by atoms with E-state index in [1.165, 1.54) is 24.3 Å². The summed E-state index contributed by atoms with van der Waals surface area (Å²) < 4.78 is 4.90. The molecular weight excluding hydrogens is 266 g/mol. The zero-order valence-corrected chi connectivity index (χ0v) is 9.43. The number of nitrogens with zero attached hydrogens (tertiary/aromatic N) is 1. The van der Waals surface area contributed by atoms with Gasteiger partial charge < -0.3 is 4.74 Å². The van der Waals surface area contributed by atoms with Crippen molar-refractivity contribution in [3.05, 3.63) is 34.4 Å². The molecule has 0 N–H and O–H groups in total. The second-order valence-corrected chi connectivity index (χ2v) is 4.16. The number of nitro benzene ring substituents is 1. The van der Waals surface area contributed by atoms with E-state index in [-0.39, 0.29) is 11.4 Å². The Morgan fingerprint density at radius 1 is 1.47 bits per heavy atom. The molecule has 0 saturated carbocycles.